The van der Waals surface area contributed by atoms with Crippen molar-refractivity contribution < 1.29 is 9.53 Å². The Labute approximate surface area is 149 Å². The number of benzene rings is 2. The number of carbonyl (C=O) groups is 1. The second-order valence-corrected chi connectivity index (χ2v) is 6.08. The van der Waals surface area contributed by atoms with Crippen molar-refractivity contribution in [2.24, 2.45) is 7.05 Å². The van der Waals surface area contributed by atoms with Crippen LogP contribution in [0.1, 0.15) is 5.69 Å². The monoisotopic (exact) mass is 363 g/mol. The van der Waals surface area contributed by atoms with Gasteiger partial charge in [-0.25, -0.2) is 4.79 Å². The number of methoxy groups -OCH3 is 1. The van der Waals surface area contributed by atoms with Gasteiger partial charge in [0.1, 0.15) is 5.52 Å². The number of amides is 1. The summed E-state index contributed by atoms with van der Waals surface area (Å²) in [5.74, 6) is 0. The van der Waals surface area contributed by atoms with Gasteiger partial charge in [0.25, 0.3) is 0 Å². The number of nitrogens with one attached hydrogen (secondary N) is 1. The maximum Gasteiger partial charge on any atom is 0.407 e. The van der Waals surface area contributed by atoms with Gasteiger partial charge in [0, 0.05) is 33.6 Å². The lowest BCUT2D eigenvalue weighted by atomic mass is 10.0. The van der Waals surface area contributed by atoms with Crippen molar-refractivity contribution in [3.63, 3.8) is 0 Å². The molecule has 3 aromatic rings. The Bertz CT molecular complexity index is 922. The molecule has 0 spiro atoms. The minimum Gasteiger partial charge on any atom is -0.453 e. The minimum atomic E-state index is -0.485. The third kappa shape index (κ3) is 3.05. The second kappa shape index (κ2) is 6.71. The zero-order chi connectivity index (χ0) is 17.3. The van der Waals surface area contributed by atoms with Crippen molar-refractivity contribution in [3.8, 4) is 11.1 Å². The number of hydrogen-bond donors (Lipinski definition) is 1. The summed E-state index contributed by atoms with van der Waals surface area (Å²) in [5.41, 5.74) is 3.46. The van der Waals surface area contributed by atoms with Crippen LogP contribution in [0.25, 0.3) is 22.0 Å². The molecule has 0 aliphatic rings. The van der Waals surface area contributed by atoms with Crippen molar-refractivity contribution >= 4 is 40.2 Å². The number of nitrogens with zero attached hydrogens (tertiary/aromatic N) is 2. The summed E-state index contributed by atoms with van der Waals surface area (Å²) in [6, 6.07) is 11.2. The van der Waals surface area contributed by atoms with Crippen LogP contribution in [0.4, 0.5) is 4.79 Å². The fraction of sp³-hybridized carbons (Fsp3) is 0.176. The van der Waals surface area contributed by atoms with Gasteiger partial charge in [-0.3, -0.25) is 4.68 Å². The highest BCUT2D eigenvalue weighted by atomic mass is 35.5. The van der Waals surface area contributed by atoms with Crippen LogP contribution in [-0.4, -0.2) is 23.0 Å². The molecule has 24 heavy (non-hydrogen) atoms. The Morgan fingerprint density at radius 3 is 2.75 bits per heavy atom. The summed E-state index contributed by atoms with van der Waals surface area (Å²) in [7, 11) is 3.17. The molecule has 0 fully saturated rings. The number of ether oxygens (including phenoxy) is 1. The number of aromatic nitrogens is 2. The largest absolute Gasteiger partial charge is 0.453 e. The highest BCUT2D eigenvalue weighted by Crippen LogP contribution is 2.35. The molecule has 0 radical (unpaired) electrons. The molecule has 0 aliphatic heterocycles. The lowest BCUT2D eigenvalue weighted by Gasteiger charge is -2.06. The van der Waals surface area contributed by atoms with E-state index in [0.29, 0.717) is 16.6 Å². The van der Waals surface area contributed by atoms with E-state index in [1.165, 1.54) is 7.11 Å². The molecule has 124 valence electrons. The number of hydrogen-bond acceptors (Lipinski definition) is 3. The van der Waals surface area contributed by atoms with Crippen molar-refractivity contribution in [3.05, 3.63) is 52.1 Å². The van der Waals surface area contributed by atoms with Crippen molar-refractivity contribution in [2.75, 3.05) is 7.11 Å². The highest BCUT2D eigenvalue weighted by molar-refractivity contribution is 6.36. The molecule has 0 aliphatic carbocycles. The topological polar surface area (TPSA) is 56.1 Å². The maximum absolute atomic E-state index is 11.3. The molecule has 7 heteroatoms. The third-order valence-corrected chi connectivity index (χ3v) is 4.34. The molecular formula is C17H15Cl2N3O2. The van der Waals surface area contributed by atoms with Gasteiger partial charge in [0.15, 0.2) is 0 Å². The number of carbonyl (C=O) groups excluding carboxylic acids is 1. The molecule has 0 bridgehead atoms. The maximum atomic E-state index is 11.3. The Kier molecular flexibility index (Phi) is 4.64. The average molecular weight is 364 g/mol. The molecule has 0 saturated heterocycles. The molecule has 2 aromatic carbocycles. The van der Waals surface area contributed by atoms with Crippen LogP contribution >= 0.6 is 23.2 Å². The van der Waals surface area contributed by atoms with Crippen molar-refractivity contribution in [1.82, 2.24) is 15.1 Å². The van der Waals surface area contributed by atoms with E-state index in [1.807, 2.05) is 31.3 Å². The first-order valence-corrected chi connectivity index (χ1v) is 7.98. The molecule has 3 rings (SSSR count). The first-order valence-electron chi connectivity index (χ1n) is 7.23. The smallest absolute Gasteiger partial charge is 0.407 e. The van der Waals surface area contributed by atoms with Crippen LogP contribution in [0.15, 0.2) is 36.4 Å². The van der Waals surface area contributed by atoms with Crippen molar-refractivity contribution in [2.45, 2.75) is 6.54 Å². The Balaban J connectivity index is 2.10. The van der Waals surface area contributed by atoms with E-state index in [9.17, 15) is 4.79 Å². The first-order chi connectivity index (χ1) is 11.5. The van der Waals surface area contributed by atoms with Crippen LogP contribution in [0, 0.1) is 0 Å². The molecule has 1 aromatic heterocycles. The number of alkyl carbamates (subject to hydrolysis) is 1. The van der Waals surface area contributed by atoms with E-state index in [0.717, 1.165) is 27.7 Å². The van der Waals surface area contributed by atoms with E-state index < -0.39 is 6.09 Å². The number of fused-ring (bicyclic) bond motifs is 1. The van der Waals surface area contributed by atoms with Crippen LogP contribution in [0.3, 0.4) is 0 Å². The lowest BCUT2D eigenvalue weighted by Crippen LogP contribution is -2.23. The Hall–Kier alpha value is -2.24. The average Bonchev–Trinajstić information content (AvgIpc) is 2.88. The fourth-order valence-electron chi connectivity index (χ4n) is 2.63. The molecular weight excluding hydrogens is 349 g/mol. The van der Waals surface area contributed by atoms with E-state index in [1.54, 1.807) is 16.8 Å². The normalized spacial score (nSPS) is 10.8. The summed E-state index contributed by atoms with van der Waals surface area (Å²) in [6.45, 7) is 0.317. The van der Waals surface area contributed by atoms with E-state index >= 15 is 0 Å². The van der Waals surface area contributed by atoms with Gasteiger partial charge in [-0.15, -0.1) is 0 Å². The van der Waals surface area contributed by atoms with E-state index in [-0.39, 0.29) is 0 Å². The molecule has 1 amide bonds. The zero-order valence-electron chi connectivity index (χ0n) is 13.1. The van der Waals surface area contributed by atoms with Gasteiger partial charge < -0.3 is 10.1 Å². The quantitative estimate of drug-likeness (QED) is 0.749. The van der Waals surface area contributed by atoms with E-state index in [4.69, 9.17) is 23.2 Å². The molecule has 0 atom stereocenters. The molecule has 0 saturated carbocycles. The van der Waals surface area contributed by atoms with Gasteiger partial charge in [0.05, 0.1) is 19.3 Å². The SMILES string of the molecule is COC(=O)NCc1c2cccc(-c3ccc(Cl)cc3Cl)c2nn1C. The van der Waals surface area contributed by atoms with Crippen molar-refractivity contribution in [1.29, 1.82) is 0 Å². The van der Waals surface area contributed by atoms with Gasteiger partial charge in [0.2, 0.25) is 0 Å². The number of aryl methyl sites for hydroxylation is 1. The molecule has 1 N–H and O–H groups in total. The number of rotatable bonds is 3. The summed E-state index contributed by atoms with van der Waals surface area (Å²) in [6.07, 6.45) is -0.485. The van der Waals surface area contributed by atoms with E-state index in [2.05, 4.69) is 15.2 Å². The van der Waals surface area contributed by atoms with Crippen LogP contribution < -0.4 is 5.32 Å². The predicted octanol–water partition coefficient (Wildman–Crippen LogP) is 4.40. The summed E-state index contributed by atoms with van der Waals surface area (Å²) < 4.78 is 6.35. The Morgan fingerprint density at radius 1 is 1.25 bits per heavy atom. The number of halogens is 2. The van der Waals surface area contributed by atoms with Crippen LogP contribution in [-0.2, 0) is 18.3 Å². The van der Waals surface area contributed by atoms with Crippen LogP contribution in [0.5, 0.6) is 0 Å². The first kappa shape index (κ1) is 16.6. The standard InChI is InChI=1S/C17H15Cl2N3O2/c1-22-15(9-20-17(23)24-2)13-5-3-4-12(16(13)21-22)11-7-6-10(18)8-14(11)19/h3-8H,9H2,1-2H3,(H,20,23). The molecule has 5 nitrogen and oxygen atoms in total. The predicted molar refractivity (Wildman–Crippen MR) is 95.4 cm³/mol. The summed E-state index contributed by atoms with van der Waals surface area (Å²) >= 11 is 12.3. The minimum absolute atomic E-state index is 0.317. The molecule has 0 unspecified atom stereocenters. The lowest BCUT2D eigenvalue weighted by molar-refractivity contribution is 0.170. The van der Waals surface area contributed by atoms with Gasteiger partial charge >= 0.3 is 6.09 Å². The molecule has 1 heterocycles. The highest BCUT2D eigenvalue weighted by Gasteiger charge is 2.15. The van der Waals surface area contributed by atoms with Gasteiger partial charge in [-0.05, 0) is 12.1 Å². The fourth-order valence-corrected chi connectivity index (χ4v) is 3.14. The Morgan fingerprint density at radius 2 is 2.04 bits per heavy atom. The summed E-state index contributed by atoms with van der Waals surface area (Å²) in [4.78, 5) is 11.3. The van der Waals surface area contributed by atoms with Gasteiger partial charge in [-0.2, -0.15) is 5.10 Å². The second-order valence-electron chi connectivity index (χ2n) is 5.24. The summed E-state index contributed by atoms with van der Waals surface area (Å²) in [5, 5.41) is 9.36. The third-order valence-electron chi connectivity index (χ3n) is 3.79. The van der Waals surface area contributed by atoms with Crippen LogP contribution in [0.2, 0.25) is 10.0 Å². The zero-order valence-corrected chi connectivity index (χ0v) is 14.6. The van der Waals surface area contributed by atoms with Gasteiger partial charge in [-0.1, -0.05) is 47.5 Å².